The lowest BCUT2D eigenvalue weighted by molar-refractivity contribution is 0.0537. The SMILES string of the molecule is Cc1nn(CC(C)C)c(Cl)c1C(=O)N1CCN(C(=O)c2cccs2)CC1. The highest BCUT2D eigenvalue weighted by atomic mass is 35.5. The number of halogens is 1. The van der Waals surface area contributed by atoms with Crippen molar-refractivity contribution < 1.29 is 9.59 Å². The molecule has 1 saturated heterocycles. The van der Waals surface area contributed by atoms with E-state index in [0.717, 1.165) is 4.88 Å². The molecule has 0 bridgehead atoms. The molecule has 0 atom stereocenters. The number of nitrogens with zero attached hydrogens (tertiary/aromatic N) is 4. The van der Waals surface area contributed by atoms with Gasteiger partial charge in [0.05, 0.1) is 16.1 Å². The summed E-state index contributed by atoms with van der Waals surface area (Å²) in [5, 5.41) is 6.71. The summed E-state index contributed by atoms with van der Waals surface area (Å²) in [7, 11) is 0. The van der Waals surface area contributed by atoms with Crippen molar-refractivity contribution in [2.24, 2.45) is 5.92 Å². The van der Waals surface area contributed by atoms with Gasteiger partial charge < -0.3 is 9.80 Å². The molecule has 1 fully saturated rings. The van der Waals surface area contributed by atoms with Gasteiger partial charge in [0.1, 0.15) is 5.15 Å². The first-order chi connectivity index (χ1) is 12.4. The van der Waals surface area contributed by atoms with Crippen LogP contribution < -0.4 is 0 Å². The van der Waals surface area contributed by atoms with Crippen molar-refractivity contribution in [3.63, 3.8) is 0 Å². The molecule has 3 heterocycles. The molecule has 0 saturated carbocycles. The summed E-state index contributed by atoms with van der Waals surface area (Å²) in [6.45, 7) is 8.71. The molecular formula is C18H23ClN4O2S. The third-order valence-electron chi connectivity index (χ3n) is 4.40. The fraction of sp³-hybridized carbons (Fsp3) is 0.500. The molecule has 3 rings (SSSR count). The maximum Gasteiger partial charge on any atom is 0.264 e. The lowest BCUT2D eigenvalue weighted by Crippen LogP contribution is -2.50. The minimum Gasteiger partial charge on any atom is -0.335 e. The van der Waals surface area contributed by atoms with E-state index in [4.69, 9.17) is 11.6 Å². The molecule has 0 aliphatic carbocycles. The Morgan fingerprint density at radius 2 is 1.81 bits per heavy atom. The molecule has 8 heteroatoms. The molecule has 1 aliphatic heterocycles. The normalized spacial score (nSPS) is 15.0. The van der Waals surface area contributed by atoms with E-state index in [-0.39, 0.29) is 11.8 Å². The summed E-state index contributed by atoms with van der Waals surface area (Å²) in [6, 6.07) is 3.70. The van der Waals surface area contributed by atoms with E-state index in [1.807, 2.05) is 24.4 Å². The van der Waals surface area contributed by atoms with E-state index >= 15 is 0 Å². The number of carbonyl (C=O) groups excluding carboxylic acids is 2. The van der Waals surface area contributed by atoms with E-state index in [9.17, 15) is 9.59 Å². The Balaban J connectivity index is 1.67. The molecule has 0 N–H and O–H groups in total. The maximum absolute atomic E-state index is 12.9. The van der Waals surface area contributed by atoms with Crippen LogP contribution in [0.25, 0.3) is 0 Å². The van der Waals surface area contributed by atoms with Gasteiger partial charge in [-0.25, -0.2) is 0 Å². The third-order valence-corrected chi connectivity index (χ3v) is 5.65. The van der Waals surface area contributed by atoms with Crippen molar-refractivity contribution in [2.75, 3.05) is 26.2 Å². The van der Waals surface area contributed by atoms with Crippen LogP contribution in [0.15, 0.2) is 17.5 Å². The number of amides is 2. The van der Waals surface area contributed by atoms with Gasteiger partial charge in [0.2, 0.25) is 0 Å². The second kappa shape index (κ2) is 7.80. The second-order valence-corrected chi connectivity index (χ2v) is 8.19. The van der Waals surface area contributed by atoms with Gasteiger partial charge in [-0.05, 0) is 24.3 Å². The van der Waals surface area contributed by atoms with Crippen LogP contribution in [-0.4, -0.2) is 57.6 Å². The Bertz CT molecular complexity index is 792. The zero-order valence-electron chi connectivity index (χ0n) is 15.2. The summed E-state index contributed by atoms with van der Waals surface area (Å²) in [4.78, 5) is 29.6. The zero-order valence-corrected chi connectivity index (χ0v) is 16.8. The first kappa shape index (κ1) is 18.9. The van der Waals surface area contributed by atoms with E-state index < -0.39 is 0 Å². The van der Waals surface area contributed by atoms with Crippen molar-refractivity contribution in [3.05, 3.63) is 38.8 Å². The summed E-state index contributed by atoms with van der Waals surface area (Å²) in [5.74, 6) is 0.318. The van der Waals surface area contributed by atoms with Gasteiger partial charge in [-0.15, -0.1) is 11.3 Å². The first-order valence-corrected chi connectivity index (χ1v) is 9.99. The fourth-order valence-corrected chi connectivity index (χ4v) is 4.11. The lowest BCUT2D eigenvalue weighted by Gasteiger charge is -2.34. The number of hydrogen-bond acceptors (Lipinski definition) is 4. The molecule has 26 heavy (non-hydrogen) atoms. The molecule has 0 spiro atoms. The molecule has 140 valence electrons. The largest absolute Gasteiger partial charge is 0.335 e. The number of rotatable bonds is 4. The quantitative estimate of drug-likeness (QED) is 0.800. The van der Waals surface area contributed by atoms with Crippen molar-refractivity contribution in [3.8, 4) is 0 Å². The Morgan fingerprint density at radius 1 is 1.19 bits per heavy atom. The van der Waals surface area contributed by atoms with Crippen LogP contribution in [0.1, 0.15) is 39.6 Å². The zero-order chi connectivity index (χ0) is 18.8. The molecule has 2 aromatic rings. The Morgan fingerprint density at radius 3 is 2.35 bits per heavy atom. The van der Waals surface area contributed by atoms with Gasteiger partial charge in [0, 0.05) is 32.7 Å². The number of carbonyl (C=O) groups is 2. The summed E-state index contributed by atoms with van der Waals surface area (Å²) < 4.78 is 1.70. The summed E-state index contributed by atoms with van der Waals surface area (Å²) >= 11 is 7.86. The highest BCUT2D eigenvalue weighted by molar-refractivity contribution is 7.12. The van der Waals surface area contributed by atoms with E-state index in [1.54, 1.807) is 14.5 Å². The molecule has 0 unspecified atom stereocenters. The molecule has 2 amide bonds. The van der Waals surface area contributed by atoms with Crippen molar-refractivity contribution in [2.45, 2.75) is 27.3 Å². The van der Waals surface area contributed by atoms with E-state index in [2.05, 4.69) is 18.9 Å². The number of piperazine rings is 1. The fourth-order valence-electron chi connectivity index (χ4n) is 3.09. The topological polar surface area (TPSA) is 58.4 Å². The predicted octanol–water partition coefficient (Wildman–Crippen LogP) is 3.16. The van der Waals surface area contributed by atoms with Gasteiger partial charge in [-0.1, -0.05) is 31.5 Å². The average Bonchev–Trinajstić information content (AvgIpc) is 3.23. The summed E-state index contributed by atoms with van der Waals surface area (Å²) in [6.07, 6.45) is 0. The van der Waals surface area contributed by atoms with Crippen molar-refractivity contribution in [1.29, 1.82) is 0 Å². The van der Waals surface area contributed by atoms with E-state index in [0.29, 0.717) is 55.1 Å². The standard InChI is InChI=1S/C18H23ClN4O2S/c1-12(2)11-23-16(19)15(13(3)20-23)18(25)22-8-6-21(7-9-22)17(24)14-5-4-10-26-14/h4-5,10,12H,6-9,11H2,1-3H3. The second-order valence-electron chi connectivity index (χ2n) is 6.89. The highest BCUT2D eigenvalue weighted by Gasteiger charge is 2.29. The van der Waals surface area contributed by atoms with Crippen LogP contribution in [0.4, 0.5) is 0 Å². The minimum absolute atomic E-state index is 0.0334. The molecule has 0 aromatic carbocycles. The van der Waals surface area contributed by atoms with Crippen molar-refractivity contribution >= 4 is 34.8 Å². The van der Waals surface area contributed by atoms with Crippen LogP contribution in [0.5, 0.6) is 0 Å². The maximum atomic E-state index is 12.9. The van der Waals surface area contributed by atoms with Crippen LogP contribution >= 0.6 is 22.9 Å². The number of hydrogen-bond donors (Lipinski definition) is 0. The van der Waals surface area contributed by atoms with Gasteiger partial charge >= 0.3 is 0 Å². The van der Waals surface area contributed by atoms with Crippen LogP contribution in [0.3, 0.4) is 0 Å². The Kier molecular flexibility index (Phi) is 5.67. The number of aromatic nitrogens is 2. The summed E-state index contributed by atoms with van der Waals surface area (Å²) in [5.41, 5.74) is 1.13. The predicted molar refractivity (Wildman–Crippen MR) is 103 cm³/mol. The Labute approximate surface area is 162 Å². The van der Waals surface area contributed by atoms with Gasteiger partial charge in [-0.2, -0.15) is 5.10 Å². The monoisotopic (exact) mass is 394 g/mol. The van der Waals surface area contributed by atoms with Crippen molar-refractivity contribution in [1.82, 2.24) is 19.6 Å². The first-order valence-electron chi connectivity index (χ1n) is 8.73. The lowest BCUT2D eigenvalue weighted by atomic mass is 10.2. The van der Waals surface area contributed by atoms with Gasteiger partial charge in [0.15, 0.2) is 0 Å². The van der Waals surface area contributed by atoms with Crippen LogP contribution in [0.2, 0.25) is 5.15 Å². The molecule has 2 aromatic heterocycles. The highest BCUT2D eigenvalue weighted by Crippen LogP contribution is 2.23. The van der Waals surface area contributed by atoms with E-state index in [1.165, 1.54) is 11.3 Å². The minimum atomic E-state index is -0.106. The smallest absolute Gasteiger partial charge is 0.264 e. The third kappa shape index (κ3) is 3.78. The molecule has 1 aliphatic rings. The average molecular weight is 395 g/mol. The number of thiophene rings is 1. The van der Waals surface area contributed by atoms with Crippen LogP contribution in [0, 0.1) is 12.8 Å². The van der Waals surface area contributed by atoms with Crippen LogP contribution in [-0.2, 0) is 6.54 Å². The number of aryl methyl sites for hydroxylation is 1. The Hall–Kier alpha value is -1.86. The molecule has 0 radical (unpaired) electrons. The molecule has 6 nitrogen and oxygen atoms in total. The molecular weight excluding hydrogens is 372 g/mol. The van der Waals surface area contributed by atoms with Gasteiger partial charge in [-0.3, -0.25) is 14.3 Å². The van der Waals surface area contributed by atoms with Gasteiger partial charge in [0.25, 0.3) is 11.8 Å².